The minimum Gasteiger partial charge on any atom is -0.495 e. The lowest BCUT2D eigenvalue weighted by molar-refractivity contribution is -0.120. The Labute approximate surface area is 191 Å². The number of ether oxygens (including phenoxy) is 1. The highest BCUT2D eigenvalue weighted by Crippen LogP contribution is 2.35. The third-order valence-electron chi connectivity index (χ3n) is 5.35. The van der Waals surface area contributed by atoms with E-state index in [0.29, 0.717) is 30.0 Å². The Morgan fingerprint density at radius 2 is 2.00 bits per heavy atom. The van der Waals surface area contributed by atoms with Gasteiger partial charge in [0.2, 0.25) is 15.9 Å². The third kappa shape index (κ3) is 4.61. The molecule has 1 aromatic carbocycles. The smallest absolute Gasteiger partial charge is 0.237 e. The molecule has 1 amide bonds. The van der Waals surface area contributed by atoms with Crippen LogP contribution in [0.3, 0.4) is 0 Å². The van der Waals surface area contributed by atoms with Crippen LogP contribution in [0, 0.1) is 0 Å². The number of carbonyl (C=O) groups is 1. The third-order valence-corrected chi connectivity index (χ3v) is 8.06. The number of rotatable bonds is 8. The predicted molar refractivity (Wildman–Crippen MR) is 126 cm³/mol. The lowest BCUT2D eigenvalue weighted by Gasteiger charge is -2.22. The van der Waals surface area contributed by atoms with Crippen LogP contribution in [0.15, 0.2) is 48.1 Å². The minimum atomic E-state index is -3.40. The molecular weight excluding hydrogens is 448 g/mol. The number of pyridine rings is 1. The normalized spacial score (nSPS) is 14.1. The van der Waals surface area contributed by atoms with Crippen LogP contribution < -0.4 is 14.8 Å². The number of sulfonamides is 1. The van der Waals surface area contributed by atoms with E-state index in [9.17, 15) is 13.2 Å². The first-order valence-corrected chi connectivity index (χ1v) is 12.5. The van der Waals surface area contributed by atoms with Crippen LogP contribution in [0.4, 0.5) is 10.8 Å². The highest BCUT2D eigenvalue weighted by atomic mass is 32.2. The van der Waals surface area contributed by atoms with Gasteiger partial charge in [-0.15, -0.1) is 11.3 Å². The fourth-order valence-corrected chi connectivity index (χ4v) is 5.57. The molecule has 1 aliphatic rings. The molecule has 0 atom stereocenters. The quantitative estimate of drug-likeness (QED) is 0.512. The molecule has 0 bridgehead atoms. The van der Waals surface area contributed by atoms with Crippen LogP contribution in [0.2, 0.25) is 0 Å². The maximum absolute atomic E-state index is 13.1. The van der Waals surface area contributed by atoms with E-state index >= 15 is 0 Å². The number of hydrogen-bond donors (Lipinski definition) is 2. The Kier molecular flexibility index (Phi) is 5.91. The number of carbonyl (C=O) groups excluding carboxylic acids is 1. The Morgan fingerprint density at radius 3 is 2.66 bits per heavy atom. The van der Waals surface area contributed by atoms with Gasteiger partial charge in [0.05, 0.1) is 29.2 Å². The molecular formula is C22H24N4O4S2. The zero-order valence-corrected chi connectivity index (χ0v) is 19.6. The van der Waals surface area contributed by atoms with E-state index in [1.54, 1.807) is 44.8 Å². The van der Waals surface area contributed by atoms with Gasteiger partial charge in [0.15, 0.2) is 5.13 Å². The lowest BCUT2D eigenvalue weighted by Crippen LogP contribution is -2.35. The van der Waals surface area contributed by atoms with Gasteiger partial charge in [0.25, 0.3) is 0 Å². The zero-order chi connectivity index (χ0) is 22.9. The van der Waals surface area contributed by atoms with Gasteiger partial charge in [-0.3, -0.25) is 14.5 Å². The number of nitrogens with zero attached hydrogens (tertiary/aromatic N) is 2. The van der Waals surface area contributed by atoms with Gasteiger partial charge < -0.3 is 10.1 Å². The van der Waals surface area contributed by atoms with Crippen molar-refractivity contribution in [2.45, 2.75) is 37.4 Å². The van der Waals surface area contributed by atoms with E-state index in [1.165, 1.54) is 11.3 Å². The number of methoxy groups -OCH3 is 1. The van der Waals surface area contributed by atoms with Crippen LogP contribution in [0.5, 0.6) is 5.75 Å². The molecule has 2 heterocycles. The fraction of sp³-hybridized carbons (Fsp3) is 0.318. The summed E-state index contributed by atoms with van der Waals surface area (Å²) in [6, 6.07) is 9.31. The summed E-state index contributed by atoms with van der Waals surface area (Å²) in [6.45, 7) is 3.49. The number of amides is 1. The van der Waals surface area contributed by atoms with Gasteiger partial charge in [0, 0.05) is 23.3 Å². The first-order chi connectivity index (χ1) is 15.2. The van der Waals surface area contributed by atoms with Gasteiger partial charge >= 0.3 is 0 Å². The number of anilines is 2. The van der Waals surface area contributed by atoms with Crippen molar-refractivity contribution >= 4 is 38.1 Å². The van der Waals surface area contributed by atoms with E-state index in [2.05, 4.69) is 20.0 Å². The molecule has 0 spiro atoms. The summed E-state index contributed by atoms with van der Waals surface area (Å²) < 4.78 is 32.3. The second-order valence-electron chi connectivity index (χ2n) is 8.12. The molecule has 0 unspecified atom stereocenters. The van der Waals surface area contributed by atoms with Crippen molar-refractivity contribution in [1.82, 2.24) is 9.97 Å². The monoisotopic (exact) mass is 472 g/mol. The van der Waals surface area contributed by atoms with Gasteiger partial charge in [-0.05, 0) is 50.5 Å². The average Bonchev–Trinajstić information content (AvgIpc) is 3.55. The Bertz CT molecular complexity index is 1240. The number of nitrogens with one attached hydrogen (secondary N) is 2. The van der Waals surface area contributed by atoms with Crippen LogP contribution in [-0.4, -0.2) is 36.7 Å². The Morgan fingerprint density at radius 1 is 1.22 bits per heavy atom. The van der Waals surface area contributed by atoms with Crippen LogP contribution in [-0.2, 0) is 20.2 Å². The Balaban J connectivity index is 1.51. The summed E-state index contributed by atoms with van der Waals surface area (Å²) in [5, 5.41) is 4.54. The maximum atomic E-state index is 13.1. The summed E-state index contributed by atoms with van der Waals surface area (Å²) >= 11 is 1.17. The molecule has 1 saturated carbocycles. The SMILES string of the molecule is COc1cc(-c2cccnc2)ccc1NC(=O)C(C)(C)c1csc(NS(=O)(=O)C2CC2)n1. The molecule has 2 aromatic heterocycles. The maximum Gasteiger partial charge on any atom is 0.237 e. The molecule has 2 N–H and O–H groups in total. The van der Waals surface area contributed by atoms with Crippen LogP contribution in [0.25, 0.3) is 11.1 Å². The highest BCUT2D eigenvalue weighted by molar-refractivity contribution is 7.93. The number of hydrogen-bond acceptors (Lipinski definition) is 7. The van der Waals surface area contributed by atoms with Crippen molar-refractivity contribution in [3.8, 4) is 16.9 Å². The molecule has 8 nitrogen and oxygen atoms in total. The van der Waals surface area contributed by atoms with E-state index in [4.69, 9.17) is 4.74 Å². The molecule has 0 saturated heterocycles. The summed E-state index contributed by atoms with van der Waals surface area (Å²) in [4.78, 5) is 21.6. The van der Waals surface area contributed by atoms with Crippen molar-refractivity contribution in [2.75, 3.05) is 17.1 Å². The van der Waals surface area contributed by atoms with Crippen molar-refractivity contribution in [2.24, 2.45) is 0 Å². The number of thiazole rings is 1. The molecule has 1 fully saturated rings. The van der Waals surface area contributed by atoms with Crippen LogP contribution >= 0.6 is 11.3 Å². The second kappa shape index (κ2) is 8.51. The molecule has 1 aliphatic carbocycles. The minimum absolute atomic E-state index is 0.270. The van der Waals surface area contributed by atoms with E-state index in [1.807, 2.05) is 24.3 Å². The number of aromatic nitrogens is 2. The lowest BCUT2D eigenvalue weighted by atomic mass is 9.89. The average molecular weight is 473 g/mol. The second-order valence-corrected chi connectivity index (χ2v) is 10.9. The molecule has 0 radical (unpaired) electrons. The summed E-state index contributed by atoms with van der Waals surface area (Å²) in [5.41, 5.74) is 1.88. The van der Waals surface area contributed by atoms with Crippen molar-refractivity contribution in [3.63, 3.8) is 0 Å². The summed E-state index contributed by atoms with van der Waals surface area (Å²) in [5.74, 6) is 0.235. The number of benzene rings is 1. The molecule has 3 aromatic rings. The van der Waals surface area contributed by atoms with Gasteiger partial charge in [-0.1, -0.05) is 12.1 Å². The van der Waals surface area contributed by atoms with Crippen LogP contribution in [0.1, 0.15) is 32.4 Å². The van der Waals surface area contributed by atoms with Crippen molar-refractivity contribution in [1.29, 1.82) is 0 Å². The standard InChI is InChI=1S/C22H24N4O4S2/c1-22(2,19-13-31-21(25-19)26-32(28,29)16-7-8-16)20(27)24-17-9-6-14(11-18(17)30-3)15-5-4-10-23-12-15/h4-6,9-13,16H,7-8H2,1-3H3,(H,24,27)(H,25,26). The van der Waals surface area contributed by atoms with Crippen molar-refractivity contribution < 1.29 is 17.9 Å². The summed E-state index contributed by atoms with van der Waals surface area (Å²) in [7, 11) is -1.86. The molecule has 10 heteroatoms. The van der Waals surface area contributed by atoms with Crippen molar-refractivity contribution in [3.05, 3.63) is 53.8 Å². The first kappa shape index (κ1) is 22.2. The van der Waals surface area contributed by atoms with Gasteiger partial charge in [-0.2, -0.15) is 0 Å². The Hall–Kier alpha value is -2.98. The van der Waals surface area contributed by atoms with E-state index < -0.39 is 15.4 Å². The molecule has 0 aliphatic heterocycles. The highest BCUT2D eigenvalue weighted by Gasteiger charge is 2.37. The fourth-order valence-electron chi connectivity index (χ4n) is 3.09. The summed E-state index contributed by atoms with van der Waals surface area (Å²) in [6.07, 6.45) is 4.80. The van der Waals surface area contributed by atoms with Gasteiger partial charge in [0.1, 0.15) is 5.75 Å². The van der Waals surface area contributed by atoms with E-state index in [0.717, 1.165) is 11.1 Å². The largest absolute Gasteiger partial charge is 0.495 e. The molecule has 168 valence electrons. The first-order valence-electron chi connectivity index (χ1n) is 10.1. The molecule has 32 heavy (non-hydrogen) atoms. The zero-order valence-electron chi connectivity index (χ0n) is 18.0. The van der Waals surface area contributed by atoms with Gasteiger partial charge in [-0.25, -0.2) is 13.4 Å². The topological polar surface area (TPSA) is 110 Å². The predicted octanol–water partition coefficient (Wildman–Crippen LogP) is 4.03. The van der Waals surface area contributed by atoms with E-state index in [-0.39, 0.29) is 16.3 Å². The molecule has 4 rings (SSSR count).